The van der Waals surface area contributed by atoms with E-state index in [2.05, 4.69) is 0 Å². The standard InChI is InChI=1S/C10H12O2.C2HF3O2/c1-2-10(11)12-8-9-6-4-3-5-7-9;3-2(4,5)1(6)7/h3-7H,2,8H2,1H3;(H,6,7). The molecule has 1 aromatic carbocycles. The van der Waals surface area contributed by atoms with E-state index in [1.165, 1.54) is 0 Å². The van der Waals surface area contributed by atoms with Crippen LogP contribution in [0.4, 0.5) is 13.2 Å². The molecule has 0 atom stereocenters. The van der Waals surface area contributed by atoms with E-state index in [4.69, 9.17) is 14.6 Å². The lowest BCUT2D eigenvalue weighted by atomic mass is 10.2. The van der Waals surface area contributed by atoms with Crippen molar-refractivity contribution >= 4 is 11.9 Å². The summed E-state index contributed by atoms with van der Waals surface area (Å²) in [4.78, 5) is 19.7. The molecule has 0 spiro atoms. The Bertz CT molecular complexity index is 401. The van der Waals surface area contributed by atoms with Crippen molar-refractivity contribution in [2.45, 2.75) is 26.1 Å². The fourth-order valence-corrected chi connectivity index (χ4v) is 0.840. The minimum absolute atomic E-state index is 0.154. The van der Waals surface area contributed by atoms with Gasteiger partial charge in [-0.05, 0) is 5.56 Å². The number of halogens is 3. The summed E-state index contributed by atoms with van der Waals surface area (Å²) in [5.74, 6) is -2.91. The number of esters is 1. The average Bonchev–Trinajstić information content (AvgIpc) is 2.36. The van der Waals surface area contributed by atoms with Crippen molar-refractivity contribution in [3.05, 3.63) is 35.9 Å². The molecule has 1 aromatic rings. The Hall–Kier alpha value is -2.05. The topological polar surface area (TPSA) is 63.6 Å². The summed E-state index contributed by atoms with van der Waals surface area (Å²) < 4.78 is 36.7. The predicted molar refractivity (Wildman–Crippen MR) is 60.2 cm³/mol. The highest BCUT2D eigenvalue weighted by Gasteiger charge is 2.38. The summed E-state index contributed by atoms with van der Waals surface area (Å²) in [7, 11) is 0. The molecule has 106 valence electrons. The lowest BCUT2D eigenvalue weighted by molar-refractivity contribution is -0.192. The number of benzene rings is 1. The Morgan fingerprint density at radius 1 is 1.21 bits per heavy atom. The zero-order valence-electron chi connectivity index (χ0n) is 10.1. The van der Waals surface area contributed by atoms with Gasteiger partial charge in [-0.15, -0.1) is 0 Å². The molecule has 1 N–H and O–H groups in total. The number of carboxylic acid groups (broad SMARTS) is 1. The molecule has 0 heterocycles. The summed E-state index contributed by atoms with van der Waals surface area (Å²) in [5, 5.41) is 7.12. The first-order chi connectivity index (χ1) is 8.77. The SMILES string of the molecule is CCC(=O)OCc1ccccc1.O=C(O)C(F)(F)F. The number of carbonyl (C=O) groups is 2. The molecule has 4 nitrogen and oxygen atoms in total. The van der Waals surface area contributed by atoms with E-state index in [0.717, 1.165) is 5.56 Å². The van der Waals surface area contributed by atoms with Gasteiger partial charge < -0.3 is 9.84 Å². The Morgan fingerprint density at radius 2 is 1.68 bits per heavy atom. The average molecular weight is 278 g/mol. The molecule has 0 unspecified atom stereocenters. The van der Waals surface area contributed by atoms with Crippen molar-refractivity contribution in [3.63, 3.8) is 0 Å². The number of alkyl halides is 3. The van der Waals surface area contributed by atoms with Crippen LogP contribution < -0.4 is 0 Å². The van der Waals surface area contributed by atoms with E-state index in [9.17, 15) is 18.0 Å². The highest BCUT2D eigenvalue weighted by Crippen LogP contribution is 2.13. The number of carbonyl (C=O) groups excluding carboxylic acids is 1. The number of aliphatic carboxylic acids is 1. The molecule has 1 rings (SSSR count). The second-order valence-electron chi connectivity index (χ2n) is 3.30. The minimum Gasteiger partial charge on any atom is -0.475 e. The second kappa shape index (κ2) is 8.12. The van der Waals surface area contributed by atoms with Gasteiger partial charge in [0.2, 0.25) is 0 Å². The molecule has 0 saturated carbocycles. The van der Waals surface area contributed by atoms with Crippen LogP contribution in [0.15, 0.2) is 30.3 Å². The molecule has 0 radical (unpaired) electrons. The summed E-state index contributed by atoms with van der Waals surface area (Å²) in [6, 6.07) is 9.65. The van der Waals surface area contributed by atoms with Crippen LogP contribution in [0.2, 0.25) is 0 Å². The molecule has 0 aromatic heterocycles. The number of hydrogen-bond acceptors (Lipinski definition) is 3. The zero-order valence-corrected chi connectivity index (χ0v) is 10.1. The van der Waals surface area contributed by atoms with E-state index < -0.39 is 12.1 Å². The van der Waals surface area contributed by atoms with Gasteiger partial charge in [-0.1, -0.05) is 37.3 Å². The maximum Gasteiger partial charge on any atom is 0.490 e. The van der Waals surface area contributed by atoms with Crippen LogP contribution in [0.5, 0.6) is 0 Å². The van der Waals surface area contributed by atoms with E-state index in [0.29, 0.717) is 13.0 Å². The van der Waals surface area contributed by atoms with Gasteiger partial charge in [-0.3, -0.25) is 4.79 Å². The smallest absolute Gasteiger partial charge is 0.475 e. The molecular formula is C12H13F3O4. The van der Waals surface area contributed by atoms with Gasteiger partial charge >= 0.3 is 18.1 Å². The summed E-state index contributed by atoms with van der Waals surface area (Å²) in [5.41, 5.74) is 1.03. The van der Waals surface area contributed by atoms with Crippen molar-refractivity contribution in [2.75, 3.05) is 0 Å². The van der Waals surface area contributed by atoms with Gasteiger partial charge in [0.15, 0.2) is 0 Å². The fraction of sp³-hybridized carbons (Fsp3) is 0.333. The Balaban J connectivity index is 0.000000399. The lowest BCUT2D eigenvalue weighted by Crippen LogP contribution is -2.21. The van der Waals surface area contributed by atoms with Crippen LogP contribution in [0, 0.1) is 0 Å². The van der Waals surface area contributed by atoms with Crippen LogP contribution in [-0.2, 0) is 20.9 Å². The molecule has 0 fully saturated rings. The number of carboxylic acids is 1. The molecule has 19 heavy (non-hydrogen) atoms. The Labute approximate surface area is 107 Å². The first kappa shape index (κ1) is 16.9. The van der Waals surface area contributed by atoms with Gasteiger partial charge in [0.25, 0.3) is 0 Å². The highest BCUT2D eigenvalue weighted by molar-refractivity contribution is 5.73. The zero-order chi connectivity index (χ0) is 14.9. The highest BCUT2D eigenvalue weighted by atomic mass is 19.4. The first-order valence-corrected chi connectivity index (χ1v) is 5.27. The molecule has 0 aliphatic rings. The van der Waals surface area contributed by atoms with E-state index in [-0.39, 0.29) is 5.97 Å². The van der Waals surface area contributed by atoms with Gasteiger partial charge in [0.1, 0.15) is 6.61 Å². The summed E-state index contributed by atoms with van der Waals surface area (Å²) in [6.45, 7) is 2.17. The van der Waals surface area contributed by atoms with Crippen LogP contribution in [0.1, 0.15) is 18.9 Å². The maximum absolute atomic E-state index is 10.8. The fourth-order valence-electron chi connectivity index (χ4n) is 0.840. The normalized spacial score (nSPS) is 10.1. The van der Waals surface area contributed by atoms with Crippen LogP contribution in [-0.4, -0.2) is 23.2 Å². The van der Waals surface area contributed by atoms with Crippen molar-refractivity contribution < 1.29 is 32.6 Å². The molecule has 0 aliphatic carbocycles. The van der Waals surface area contributed by atoms with E-state index in [1.807, 2.05) is 30.3 Å². The second-order valence-corrected chi connectivity index (χ2v) is 3.30. The summed E-state index contributed by atoms with van der Waals surface area (Å²) >= 11 is 0. The van der Waals surface area contributed by atoms with Gasteiger partial charge in [0, 0.05) is 6.42 Å². The number of rotatable bonds is 3. The minimum atomic E-state index is -5.08. The predicted octanol–water partition coefficient (Wildman–Crippen LogP) is 2.77. The molecule has 7 heteroatoms. The maximum atomic E-state index is 10.8. The monoisotopic (exact) mass is 278 g/mol. The third kappa shape index (κ3) is 8.64. The quantitative estimate of drug-likeness (QED) is 0.863. The molecule has 0 aliphatic heterocycles. The lowest BCUT2D eigenvalue weighted by Gasteiger charge is -2.01. The summed E-state index contributed by atoms with van der Waals surface area (Å²) in [6.07, 6.45) is -4.65. The number of hydrogen-bond donors (Lipinski definition) is 1. The third-order valence-corrected chi connectivity index (χ3v) is 1.77. The molecule has 0 saturated heterocycles. The molecule has 0 amide bonds. The molecule has 0 bridgehead atoms. The molecular weight excluding hydrogens is 265 g/mol. The Kier molecular flexibility index (Phi) is 7.25. The number of ether oxygens (including phenoxy) is 1. The third-order valence-electron chi connectivity index (χ3n) is 1.77. The van der Waals surface area contributed by atoms with Crippen LogP contribution in [0.25, 0.3) is 0 Å². The van der Waals surface area contributed by atoms with Crippen LogP contribution >= 0.6 is 0 Å². The van der Waals surface area contributed by atoms with Crippen molar-refractivity contribution in [1.82, 2.24) is 0 Å². The van der Waals surface area contributed by atoms with Crippen LogP contribution in [0.3, 0.4) is 0 Å². The van der Waals surface area contributed by atoms with E-state index in [1.54, 1.807) is 6.92 Å². The van der Waals surface area contributed by atoms with Crippen molar-refractivity contribution in [2.24, 2.45) is 0 Å². The van der Waals surface area contributed by atoms with Gasteiger partial charge in [-0.25, -0.2) is 4.79 Å². The van der Waals surface area contributed by atoms with Crippen molar-refractivity contribution in [1.29, 1.82) is 0 Å². The first-order valence-electron chi connectivity index (χ1n) is 5.27. The van der Waals surface area contributed by atoms with Gasteiger partial charge in [-0.2, -0.15) is 13.2 Å². The van der Waals surface area contributed by atoms with Gasteiger partial charge in [0.05, 0.1) is 0 Å². The Morgan fingerprint density at radius 3 is 2.05 bits per heavy atom. The largest absolute Gasteiger partial charge is 0.490 e. The van der Waals surface area contributed by atoms with E-state index >= 15 is 0 Å². The van der Waals surface area contributed by atoms with Crippen molar-refractivity contribution in [3.8, 4) is 0 Å².